The van der Waals surface area contributed by atoms with E-state index in [0.717, 1.165) is 53.6 Å². The highest BCUT2D eigenvalue weighted by atomic mass is 35.5. The Bertz CT molecular complexity index is 2640. The first-order valence-electron chi connectivity index (χ1n) is 22.7. The summed E-state index contributed by atoms with van der Waals surface area (Å²) in [5.41, 5.74) is 5.32. The van der Waals surface area contributed by atoms with E-state index in [1.165, 1.54) is 18.5 Å². The van der Waals surface area contributed by atoms with Crippen LogP contribution in [0.3, 0.4) is 0 Å². The fourth-order valence-electron chi connectivity index (χ4n) is 6.53. The quantitative estimate of drug-likeness (QED) is 0.0196. The summed E-state index contributed by atoms with van der Waals surface area (Å²) in [5.74, 6) is -3.33. The minimum absolute atomic E-state index is 0.0371. The van der Waals surface area contributed by atoms with Crippen molar-refractivity contribution in [3.8, 4) is 11.5 Å². The van der Waals surface area contributed by atoms with E-state index in [9.17, 15) is 51.8 Å². The molecule has 420 valence electrons. The third kappa shape index (κ3) is 21.5. The summed E-state index contributed by atoms with van der Waals surface area (Å²) in [7, 11) is -3.10. The number of hydrogen-bond donors (Lipinski definition) is 3. The summed E-state index contributed by atoms with van der Waals surface area (Å²) in [6.45, 7) is 12.8. The van der Waals surface area contributed by atoms with Gasteiger partial charge in [0.1, 0.15) is 53.3 Å². The van der Waals surface area contributed by atoms with Crippen molar-refractivity contribution in [3.05, 3.63) is 116 Å². The van der Waals surface area contributed by atoms with Crippen molar-refractivity contribution in [2.45, 2.75) is 83.3 Å². The summed E-state index contributed by atoms with van der Waals surface area (Å²) in [4.78, 5) is 78.5. The van der Waals surface area contributed by atoms with Crippen LogP contribution in [-0.4, -0.2) is 118 Å². The van der Waals surface area contributed by atoms with Crippen LogP contribution in [0.1, 0.15) is 80.0 Å². The Hall–Kier alpha value is -5.49. The number of para-hydroxylation sites is 1. The number of amides is 2. The van der Waals surface area contributed by atoms with Gasteiger partial charge >= 0.3 is 24.1 Å². The lowest BCUT2D eigenvalue weighted by Gasteiger charge is -2.29. The smallest absolute Gasteiger partial charge is 0.416 e. The van der Waals surface area contributed by atoms with Gasteiger partial charge in [-0.05, 0) is 95.0 Å². The van der Waals surface area contributed by atoms with E-state index in [1.807, 2.05) is 38.1 Å². The second-order valence-electron chi connectivity index (χ2n) is 16.4. The van der Waals surface area contributed by atoms with Crippen molar-refractivity contribution in [1.29, 1.82) is 0 Å². The number of nitrogens with two attached hydrogens (primary N) is 1. The van der Waals surface area contributed by atoms with Crippen LogP contribution in [0.15, 0.2) is 77.4 Å². The number of hydrogen-bond acceptors (Lipinski definition) is 15. The Labute approximate surface area is 455 Å². The van der Waals surface area contributed by atoms with E-state index >= 15 is 0 Å². The van der Waals surface area contributed by atoms with Crippen molar-refractivity contribution in [2.75, 3.05) is 56.7 Å². The topological polar surface area (TPSA) is 278 Å². The highest BCUT2D eigenvalue weighted by molar-refractivity contribution is 7.57. The zero-order chi connectivity index (χ0) is 57.7. The molecule has 0 aliphatic carbocycles. The molecule has 0 radical (unpaired) electrons. The monoisotopic (exact) mass is 1170 g/mol. The average Bonchev–Trinajstić information content (AvgIpc) is 4.01. The zero-order valence-corrected chi connectivity index (χ0v) is 46.1. The fraction of sp³-hybridized carbons (Fsp3) is 0.438. The highest BCUT2D eigenvalue weighted by Crippen LogP contribution is 2.39. The van der Waals surface area contributed by atoms with E-state index in [4.69, 9.17) is 85.5 Å². The number of carboxylic acids is 1. The van der Waals surface area contributed by atoms with E-state index in [2.05, 4.69) is 11.7 Å². The van der Waals surface area contributed by atoms with Gasteiger partial charge in [0.15, 0.2) is 18.8 Å². The molecule has 1 aliphatic heterocycles. The number of benzene rings is 3. The second-order valence-corrected chi connectivity index (χ2v) is 20.7. The number of furan rings is 1. The Morgan fingerprint density at radius 3 is 2.21 bits per heavy atom. The number of esters is 2. The summed E-state index contributed by atoms with van der Waals surface area (Å²) < 4.78 is 79.8. The number of ether oxygens (including phenoxy) is 5. The molecule has 0 bridgehead atoms. The van der Waals surface area contributed by atoms with Crippen LogP contribution in [0.25, 0.3) is 0 Å². The second kappa shape index (κ2) is 31.0. The zero-order valence-electron chi connectivity index (χ0n) is 42.1. The molecule has 3 atom stereocenters. The molecule has 3 unspecified atom stereocenters. The summed E-state index contributed by atoms with van der Waals surface area (Å²) in [6.07, 6.45) is -2.45. The maximum atomic E-state index is 12.7. The van der Waals surface area contributed by atoms with E-state index in [1.54, 1.807) is 31.1 Å². The molecule has 3 aromatic carbocycles. The van der Waals surface area contributed by atoms with Gasteiger partial charge in [0.05, 0.1) is 40.6 Å². The molecule has 0 saturated carbocycles. The number of nitro benzene ring substituents is 1. The van der Waals surface area contributed by atoms with Gasteiger partial charge in [-0.2, -0.15) is 13.2 Å². The lowest BCUT2D eigenvalue weighted by molar-refractivity contribution is -0.385. The first kappa shape index (κ1) is 66.6. The van der Waals surface area contributed by atoms with Crippen LogP contribution in [0.5, 0.6) is 11.5 Å². The number of alkyl halides is 6. The number of carbonyl (C=O) groups is 5. The molecule has 1 fully saturated rings. The van der Waals surface area contributed by atoms with Gasteiger partial charge in [0.25, 0.3) is 11.6 Å². The Morgan fingerprint density at radius 2 is 1.70 bits per heavy atom. The van der Waals surface area contributed by atoms with Gasteiger partial charge in [0.2, 0.25) is 5.91 Å². The predicted molar refractivity (Wildman–Crippen MR) is 276 cm³/mol. The van der Waals surface area contributed by atoms with Gasteiger partial charge < -0.3 is 48.7 Å². The standard InChI is InChI=1S/C18H13ClF3NO7.C14H20ClNO2.C11H13Cl2NO3.C5H12NO4P/c1-2-28-16(24)9-29-17(25)12-8-11(4-5-14(12)23(26)27)30-15-6-3-10(7-13(15)19)18(20,21)22;1-4-12-8-6-7-11(3)14(12)16(10-18-5-2)13(17)9-15;1-11(2)14(10(15)9(12)13)6-8(17-11)7-4-3-5-16-7;1-11(9,10)3-2-4(6)5(7)8/h3-8H,2,9H2,1H3;6-8H,4-5,9-10H2,1-3H3;3-5,8-9H,6H2,1-2H3;4H,2-3,6H2,1H3,(H,7,8)(H,9,10). The molecule has 0 spiro atoms. The third-order valence-corrected chi connectivity index (χ3v) is 12.2. The number of carboxylic acid groups (broad SMARTS) is 1. The van der Waals surface area contributed by atoms with Gasteiger partial charge in [0, 0.05) is 31.6 Å². The predicted octanol–water partition coefficient (Wildman–Crippen LogP) is 10.3. The Balaban J connectivity index is 0.000000370. The van der Waals surface area contributed by atoms with Crippen LogP contribution < -0.4 is 15.4 Å². The number of halogens is 7. The molecule has 2 amide bonds. The van der Waals surface area contributed by atoms with Crippen molar-refractivity contribution in [3.63, 3.8) is 0 Å². The minimum atomic E-state index is -4.61. The van der Waals surface area contributed by atoms with E-state index in [0.29, 0.717) is 25.0 Å². The maximum Gasteiger partial charge on any atom is 0.416 e. The van der Waals surface area contributed by atoms with Gasteiger partial charge in [-0.3, -0.25) is 34.0 Å². The van der Waals surface area contributed by atoms with Crippen molar-refractivity contribution >= 4 is 94.9 Å². The summed E-state index contributed by atoms with van der Waals surface area (Å²) in [5, 5.41) is 19.1. The fourth-order valence-corrected chi connectivity index (χ4v) is 7.89. The minimum Gasteiger partial charge on any atom is -0.480 e. The highest BCUT2D eigenvalue weighted by Gasteiger charge is 2.45. The lowest BCUT2D eigenvalue weighted by Crippen LogP contribution is -2.45. The normalized spacial score (nSPS) is 14.8. The van der Waals surface area contributed by atoms with Gasteiger partial charge in [-0.15, -0.1) is 11.6 Å². The molecular formula is C48H58Cl4F3N4O16P. The van der Waals surface area contributed by atoms with Crippen LogP contribution >= 0.6 is 53.8 Å². The van der Waals surface area contributed by atoms with Crippen LogP contribution in [-0.2, 0) is 55.3 Å². The van der Waals surface area contributed by atoms with Crippen molar-refractivity contribution < 1.29 is 84.7 Å². The van der Waals surface area contributed by atoms with Crippen molar-refractivity contribution in [2.24, 2.45) is 5.73 Å². The maximum absolute atomic E-state index is 12.7. The van der Waals surface area contributed by atoms with Crippen LogP contribution in [0.4, 0.5) is 24.5 Å². The molecule has 2 heterocycles. The largest absolute Gasteiger partial charge is 0.480 e. The molecule has 4 aromatic rings. The van der Waals surface area contributed by atoms with Gasteiger partial charge in [-0.25, -0.2) is 9.59 Å². The summed E-state index contributed by atoms with van der Waals surface area (Å²) >= 11 is 22.7. The van der Waals surface area contributed by atoms with Crippen molar-refractivity contribution in [1.82, 2.24) is 4.90 Å². The van der Waals surface area contributed by atoms with E-state index < -0.39 is 76.4 Å². The van der Waals surface area contributed by atoms with E-state index in [-0.39, 0.29) is 66.2 Å². The van der Waals surface area contributed by atoms with Crippen LogP contribution in [0.2, 0.25) is 5.02 Å². The van der Waals surface area contributed by atoms with Gasteiger partial charge in [-0.1, -0.05) is 59.9 Å². The number of aliphatic carboxylic acids is 1. The molecule has 5 rings (SSSR count). The SMILES string of the molecule is CC1(C)OC(c2ccco2)CN1C(=O)C(Cl)Cl.CCOC(=O)COC(=O)c1cc(Oc2ccc(C(F)(F)F)cc2Cl)ccc1[N+](=O)[O-].CCOCN(C(=O)CCl)c1c(C)cccc1CC.CP(=O)(O)CCC(N)C(=O)O. The molecule has 20 nitrogen and oxygen atoms in total. The first-order chi connectivity index (χ1) is 35.4. The number of anilines is 1. The van der Waals surface area contributed by atoms with Crippen LogP contribution in [0, 0.1) is 17.0 Å². The number of aryl methyl sites for hydroxylation is 2. The molecule has 1 aromatic heterocycles. The number of carbonyl (C=O) groups excluding carboxylic acids is 4. The number of rotatable bonds is 19. The molecule has 1 aliphatic rings. The number of nitrogens with zero attached hydrogens (tertiary/aromatic N) is 3. The Morgan fingerprint density at radius 1 is 1.03 bits per heavy atom. The molecular weight excluding hydrogens is 1120 g/mol. The molecule has 28 heteroatoms. The molecule has 1 saturated heterocycles. The third-order valence-electron chi connectivity index (χ3n) is 10.2. The Kier molecular flexibility index (Phi) is 27.2. The average molecular weight is 1180 g/mol. The molecule has 4 N–H and O–H groups in total. The summed E-state index contributed by atoms with van der Waals surface area (Å²) in [6, 6.07) is 13.9. The molecule has 76 heavy (non-hydrogen) atoms. The lowest BCUT2D eigenvalue weighted by atomic mass is 10.0. The number of nitro groups is 1. The first-order valence-corrected chi connectivity index (χ1v) is 26.8.